The van der Waals surface area contributed by atoms with E-state index in [0.717, 1.165) is 6.42 Å². The van der Waals surface area contributed by atoms with E-state index >= 15 is 0 Å². The first-order valence-electron chi connectivity index (χ1n) is 9.11. The van der Waals surface area contributed by atoms with Crippen LogP contribution in [0.5, 0.6) is 0 Å². The number of hydrogen-bond acceptors (Lipinski definition) is 2. The predicted octanol–water partition coefficient (Wildman–Crippen LogP) is 5.67. The van der Waals surface area contributed by atoms with Gasteiger partial charge in [0.2, 0.25) is 0 Å². The summed E-state index contributed by atoms with van der Waals surface area (Å²) < 4.78 is 0. The molecule has 0 spiro atoms. The molecule has 1 aromatic rings. The van der Waals surface area contributed by atoms with E-state index in [4.69, 9.17) is 10.2 Å². The Kier molecular flexibility index (Phi) is 16.0. The second-order valence-corrected chi connectivity index (χ2v) is 5.93. The summed E-state index contributed by atoms with van der Waals surface area (Å²) in [6.45, 7) is 2.64. The Morgan fingerprint density at radius 3 is 1.57 bits per heavy atom. The average Bonchev–Trinajstić information content (AvgIpc) is 2.58. The number of hydrogen-bond donors (Lipinski definition) is 2. The van der Waals surface area contributed by atoms with Crippen molar-refractivity contribution in [1.82, 2.24) is 0 Å². The van der Waals surface area contributed by atoms with Crippen LogP contribution in [0.2, 0.25) is 0 Å². The standard InChI is InChI=1S/C13H28O.C7H6O2/c1-2-3-4-5-6-7-8-9-10-11-12-13-14;8-7(9)6-4-2-1-3-5-6/h14H,2-13H2,1H3;1-5H,(H,8,9). The van der Waals surface area contributed by atoms with Crippen LogP contribution in [0.3, 0.4) is 0 Å². The third-order valence-corrected chi connectivity index (χ3v) is 3.78. The molecular weight excluding hydrogens is 288 g/mol. The van der Waals surface area contributed by atoms with E-state index in [0.29, 0.717) is 12.2 Å². The maximum Gasteiger partial charge on any atom is 0.335 e. The average molecular weight is 322 g/mol. The van der Waals surface area contributed by atoms with Gasteiger partial charge in [-0.25, -0.2) is 4.79 Å². The predicted molar refractivity (Wildman–Crippen MR) is 96.9 cm³/mol. The van der Waals surface area contributed by atoms with Crippen LogP contribution in [-0.4, -0.2) is 22.8 Å². The molecule has 0 bridgehead atoms. The van der Waals surface area contributed by atoms with E-state index in [2.05, 4.69) is 6.92 Å². The second kappa shape index (κ2) is 17.0. The van der Waals surface area contributed by atoms with Crippen LogP contribution in [-0.2, 0) is 0 Å². The summed E-state index contributed by atoms with van der Waals surface area (Å²) in [7, 11) is 0. The van der Waals surface area contributed by atoms with Crippen molar-refractivity contribution in [1.29, 1.82) is 0 Å². The Morgan fingerprint density at radius 2 is 1.22 bits per heavy atom. The summed E-state index contributed by atoms with van der Waals surface area (Å²) >= 11 is 0. The van der Waals surface area contributed by atoms with E-state index in [9.17, 15) is 4.79 Å². The maximum atomic E-state index is 10.2. The molecule has 0 aliphatic rings. The minimum absolute atomic E-state index is 0.331. The van der Waals surface area contributed by atoms with Crippen LogP contribution < -0.4 is 0 Å². The Labute approximate surface area is 141 Å². The minimum Gasteiger partial charge on any atom is -0.478 e. The van der Waals surface area contributed by atoms with Crippen LogP contribution in [0.15, 0.2) is 30.3 Å². The summed E-state index contributed by atoms with van der Waals surface area (Å²) in [6, 6.07) is 8.30. The van der Waals surface area contributed by atoms with Crippen LogP contribution >= 0.6 is 0 Å². The summed E-state index contributed by atoms with van der Waals surface area (Å²) in [5.74, 6) is -0.879. The molecule has 23 heavy (non-hydrogen) atoms. The van der Waals surface area contributed by atoms with Crippen LogP contribution in [0.4, 0.5) is 0 Å². The highest BCUT2D eigenvalue weighted by Gasteiger charge is 1.96. The van der Waals surface area contributed by atoms with Crippen molar-refractivity contribution in [3.8, 4) is 0 Å². The van der Waals surface area contributed by atoms with E-state index < -0.39 is 5.97 Å². The third-order valence-electron chi connectivity index (χ3n) is 3.78. The van der Waals surface area contributed by atoms with E-state index in [1.807, 2.05) is 0 Å². The van der Waals surface area contributed by atoms with Crippen molar-refractivity contribution in [3.05, 3.63) is 35.9 Å². The molecule has 0 amide bonds. The molecule has 2 N–H and O–H groups in total. The number of carboxylic acids is 1. The Bertz CT molecular complexity index is 350. The minimum atomic E-state index is -0.879. The summed E-state index contributed by atoms with van der Waals surface area (Å²) in [5.41, 5.74) is 0.331. The van der Waals surface area contributed by atoms with Crippen molar-refractivity contribution in [2.24, 2.45) is 0 Å². The monoisotopic (exact) mass is 322 g/mol. The molecule has 1 rings (SSSR count). The topological polar surface area (TPSA) is 57.5 Å². The molecule has 0 saturated carbocycles. The van der Waals surface area contributed by atoms with Crippen molar-refractivity contribution in [2.45, 2.75) is 77.6 Å². The molecule has 0 heterocycles. The highest BCUT2D eigenvalue weighted by atomic mass is 16.4. The lowest BCUT2D eigenvalue weighted by Gasteiger charge is -2.01. The normalized spacial score (nSPS) is 10.0. The molecule has 0 aliphatic heterocycles. The molecule has 0 aliphatic carbocycles. The first-order valence-corrected chi connectivity index (χ1v) is 9.11. The van der Waals surface area contributed by atoms with Gasteiger partial charge < -0.3 is 10.2 Å². The van der Waals surface area contributed by atoms with Gasteiger partial charge in [-0.05, 0) is 18.6 Å². The lowest BCUT2D eigenvalue weighted by atomic mass is 10.1. The van der Waals surface area contributed by atoms with Crippen LogP contribution in [0.25, 0.3) is 0 Å². The Balaban J connectivity index is 0.000000459. The van der Waals surface area contributed by atoms with Crippen LogP contribution in [0.1, 0.15) is 87.9 Å². The fourth-order valence-electron chi connectivity index (χ4n) is 2.36. The number of unbranched alkanes of at least 4 members (excludes halogenated alkanes) is 10. The highest BCUT2D eigenvalue weighted by Crippen LogP contribution is 2.10. The fraction of sp³-hybridized carbons (Fsp3) is 0.650. The number of benzene rings is 1. The first kappa shape index (κ1) is 21.6. The maximum absolute atomic E-state index is 10.2. The molecule has 0 radical (unpaired) electrons. The highest BCUT2D eigenvalue weighted by molar-refractivity contribution is 5.87. The summed E-state index contributed by atoms with van der Waals surface area (Å²) in [5, 5.41) is 17.0. The quantitative estimate of drug-likeness (QED) is 0.487. The lowest BCUT2D eigenvalue weighted by molar-refractivity contribution is 0.0697. The van der Waals surface area contributed by atoms with Gasteiger partial charge in [-0.3, -0.25) is 0 Å². The largest absolute Gasteiger partial charge is 0.478 e. The second-order valence-electron chi connectivity index (χ2n) is 5.93. The zero-order chi connectivity index (χ0) is 17.2. The van der Waals surface area contributed by atoms with E-state index in [-0.39, 0.29) is 0 Å². The van der Waals surface area contributed by atoms with Crippen LogP contribution in [0, 0.1) is 0 Å². The van der Waals surface area contributed by atoms with E-state index in [1.54, 1.807) is 30.3 Å². The van der Waals surface area contributed by atoms with Gasteiger partial charge in [0.1, 0.15) is 0 Å². The summed E-state index contributed by atoms with van der Waals surface area (Å²) in [4.78, 5) is 10.2. The van der Waals surface area contributed by atoms with Crippen molar-refractivity contribution in [2.75, 3.05) is 6.61 Å². The van der Waals surface area contributed by atoms with Gasteiger partial charge in [0.25, 0.3) is 0 Å². The molecule has 0 fully saturated rings. The third kappa shape index (κ3) is 15.3. The van der Waals surface area contributed by atoms with Crippen molar-refractivity contribution in [3.63, 3.8) is 0 Å². The number of aliphatic hydroxyl groups is 1. The molecule has 0 aromatic heterocycles. The summed E-state index contributed by atoms with van der Waals surface area (Å²) in [6.07, 6.45) is 14.8. The molecule has 3 nitrogen and oxygen atoms in total. The first-order chi connectivity index (χ1) is 11.2. The molecule has 3 heteroatoms. The Morgan fingerprint density at radius 1 is 0.783 bits per heavy atom. The van der Waals surface area contributed by atoms with Gasteiger partial charge in [0.15, 0.2) is 0 Å². The van der Waals surface area contributed by atoms with Gasteiger partial charge in [-0.1, -0.05) is 89.3 Å². The molecule has 0 atom stereocenters. The smallest absolute Gasteiger partial charge is 0.335 e. The fourth-order valence-corrected chi connectivity index (χ4v) is 2.36. The number of rotatable bonds is 12. The van der Waals surface area contributed by atoms with Crippen molar-refractivity contribution >= 4 is 5.97 Å². The van der Waals surface area contributed by atoms with E-state index in [1.165, 1.54) is 64.2 Å². The molecule has 1 aromatic carbocycles. The SMILES string of the molecule is CCCCCCCCCCCCCO.O=C(O)c1ccccc1. The molecule has 0 unspecified atom stereocenters. The molecule has 0 saturated heterocycles. The number of aliphatic hydroxyl groups excluding tert-OH is 1. The van der Waals surface area contributed by atoms with Gasteiger partial charge in [-0.2, -0.15) is 0 Å². The van der Waals surface area contributed by atoms with Gasteiger partial charge in [0.05, 0.1) is 5.56 Å². The van der Waals surface area contributed by atoms with Gasteiger partial charge >= 0.3 is 5.97 Å². The number of carbonyl (C=O) groups is 1. The van der Waals surface area contributed by atoms with Gasteiger partial charge in [0, 0.05) is 6.61 Å². The lowest BCUT2D eigenvalue weighted by Crippen LogP contribution is -1.93. The van der Waals surface area contributed by atoms with Crippen molar-refractivity contribution < 1.29 is 15.0 Å². The zero-order valence-corrected chi connectivity index (χ0v) is 14.7. The van der Waals surface area contributed by atoms with Gasteiger partial charge in [-0.15, -0.1) is 0 Å². The zero-order valence-electron chi connectivity index (χ0n) is 14.7. The number of carboxylic acid groups (broad SMARTS) is 1. The molecule has 132 valence electrons. The number of aromatic carboxylic acids is 1. The molecular formula is C20H34O3. The Hall–Kier alpha value is -1.35.